The van der Waals surface area contributed by atoms with E-state index in [0.717, 1.165) is 38.6 Å². The van der Waals surface area contributed by atoms with Crippen molar-refractivity contribution in [3.8, 4) is 0 Å². The van der Waals surface area contributed by atoms with E-state index in [1.165, 1.54) is 0 Å². The quantitative estimate of drug-likeness (QED) is 0.574. The molecule has 0 unspecified atom stereocenters. The van der Waals surface area contributed by atoms with Crippen molar-refractivity contribution in [3.63, 3.8) is 0 Å². The lowest BCUT2D eigenvalue weighted by Crippen LogP contribution is -2.41. The van der Waals surface area contributed by atoms with Crippen molar-refractivity contribution in [3.05, 3.63) is 12.2 Å². The van der Waals surface area contributed by atoms with Gasteiger partial charge in [0.1, 0.15) is 11.9 Å². The van der Waals surface area contributed by atoms with Gasteiger partial charge in [0, 0.05) is 13.1 Å². The molecule has 0 aliphatic carbocycles. The average molecular weight is 253 g/mol. The molecule has 0 saturated carbocycles. The third kappa shape index (κ3) is 5.34. The molecule has 102 valence electrons. The molecule has 0 spiro atoms. The monoisotopic (exact) mass is 253 g/mol. The van der Waals surface area contributed by atoms with E-state index in [4.69, 9.17) is 4.74 Å². The predicted molar refractivity (Wildman–Crippen MR) is 70.4 cm³/mol. The molecule has 1 heterocycles. The highest BCUT2D eigenvalue weighted by molar-refractivity contribution is 5.68. The van der Waals surface area contributed by atoms with E-state index in [0.29, 0.717) is 5.92 Å². The first kappa shape index (κ1) is 14.7. The standard InChI is InChI=1S/C14H23NO3/c1-14(2,3)18-13(17)15-9-7-12(8-10-15)6-4-5-11-16/h4-5,11-12H,6-10H2,1-3H3/b5-4+. The zero-order chi connectivity index (χ0) is 13.6. The lowest BCUT2D eigenvalue weighted by Gasteiger charge is -2.33. The van der Waals surface area contributed by atoms with Crippen molar-refractivity contribution in [2.75, 3.05) is 13.1 Å². The molecule has 0 atom stereocenters. The predicted octanol–water partition coefficient (Wildman–Crippen LogP) is 2.78. The number of ether oxygens (including phenoxy) is 1. The molecule has 0 aromatic heterocycles. The molecule has 1 fully saturated rings. The summed E-state index contributed by atoms with van der Waals surface area (Å²) >= 11 is 0. The maximum atomic E-state index is 11.8. The van der Waals surface area contributed by atoms with Gasteiger partial charge in [0.05, 0.1) is 0 Å². The summed E-state index contributed by atoms with van der Waals surface area (Å²) in [6, 6.07) is 0. The lowest BCUT2D eigenvalue weighted by molar-refractivity contribution is -0.104. The van der Waals surface area contributed by atoms with Crippen LogP contribution in [0.1, 0.15) is 40.0 Å². The maximum absolute atomic E-state index is 11.8. The molecule has 1 saturated heterocycles. The van der Waals surface area contributed by atoms with Gasteiger partial charge in [-0.2, -0.15) is 0 Å². The summed E-state index contributed by atoms with van der Waals surface area (Å²) in [5, 5.41) is 0. The number of carbonyl (C=O) groups excluding carboxylic acids is 2. The van der Waals surface area contributed by atoms with Gasteiger partial charge in [0.25, 0.3) is 0 Å². The fourth-order valence-electron chi connectivity index (χ4n) is 2.00. The molecule has 1 rings (SSSR count). The van der Waals surface area contributed by atoms with E-state index in [2.05, 4.69) is 0 Å². The second-order valence-electron chi connectivity index (χ2n) is 5.71. The third-order valence-electron chi connectivity index (χ3n) is 2.95. The maximum Gasteiger partial charge on any atom is 0.410 e. The van der Waals surface area contributed by atoms with Crippen molar-refractivity contribution >= 4 is 12.4 Å². The highest BCUT2D eigenvalue weighted by Crippen LogP contribution is 2.22. The third-order valence-corrected chi connectivity index (χ3v) is 2.95. The fourth-order valence-corrected chi connectivity index (χ4v) is 2.00. The Morgan fingerprint density at radius 3 is 2.44 bits per heavy atom. The average Bonchev–Trinajstić information content (AvgIpc) is 2.28. The molecule has 0 aromatic carbocycles. The van der Waals surface area contributed by atoms with Crippen LogP contribution in [-0.2, 0) is 9.53 Å². The summed E-state index contributed by atoms with van der Waals surface area (Å²) in [6.45, 7) is 7.12. The summed E-state index contributed by atoms with van der Waals surface area (Å²) in [7, 11) is 0. The van der Waals surface area contributed by atoms with Crippen LogP contribution in [-0.4, -0.2) is 36.0 Å². The van der Waals surface area contributed by atoms with Crippen LogP contribution >= 0.6 is 0 Å². The number of aldehydes is 1. The van der Waals surface area contributed by atoms with E-state index in [-0.39, 0.29) is 6.09 Å². The van der Waals surface area contributed by atoms with Gasteiger partial charge in [0.15, 0.2) is 0 Å². The second-order valence-corrected chi connectivity index (χ2v) is 5.71. The Kier molecular flexibility index (Phi) is 5.38. The van der Waals surface area contributed by atoms with Crippen LogP contribution in [0.15, 0.2) is 12.2 Å². The highest BCUT2D eigenvalue weighted by Gasteiger charge is 2.26. The number of hydrogen-bond donors (Lipinski definition) is 0. The van der Waals surface area contributed by atoms with Crippen LogP contribution in [0.4, 0.5) is 4.79 Å². The molecule has 0 aromatic rings. The Balaban J connectivity index is 2.32. The highest BCUT2D eigenvalue weighted by atomic mass is 16.6. The number of carbonyl (C=O) groups is 2. The molecular formula is C14H23NO3. The van der Waals surface area contributed by atoms with E-state index in [1.807, 2.05) is 26.8 Å². The summed E-state index contributed by atoms with van der Waals surface area (Å²) < 4.78 is 5.34. The molecule has 1 aliphatic heterocycles. The normalized spacial score (nSPS) is 18.1. The molecule has 0 radical (unpaired) electrons. The van der Waals surface area contributed by atoms with Gasteiger partial charge >= 0.3 is 6.09 Å². The van der Waals surface area contributed by atoms with Gasteiger partial charge in [-0.1, -0.05) is 6.08 Å². The molecule has 4 nitrogen and oxygen atoms in total. The molecule has 0 N–H and O–H groups in total. The van der Waals surface area contributed by atoms with Crippen LogP contribution in [0, 0.1) is 5.92 Å². The minimum Gasteiger partial charge on any atom is -0.444 e. The van der Waals surface area contributed by atoms with Gasteiger partial charge < -0.3 is 9.64 Å². The number of nitrogens with zero attached hydrogens (tertiary/aromatic N) is 1. The SMILES string of the molecule is CC(C)(C)OC(=O)N1CCC(C/C=C/C=O)CC1. The van der Waals surface area contributed by atoms with Crippen LogP contribution < -0.4 is 0 Å². The number of amides is 1. The summed E-state index contributed by atoms with van der Waals surface area (Å²) in [4.78, 5) is 23.8. The molecule has 0 bridgehead atoms. The van der Waals surface area contributed by atoms with E-state index in [9.17, 15) is 9.59 Å². The lowest BCUT2D eigenvalue weighted by atomic mass is 9.93. The first-order valence-corrected chi connectivity index (χ1v) is 6.50. The Morgan fingerprint density at radius 1 is 1.33 bits per heavy atom. The smallest absolute Gasteiger partial charge is 0.410 e. The van der Waals surface area contributed by atoms with Crippen molar-refractivity contribution in [1.29, 1.82) is 0 Å². The van der Waals surface area contributed by atoms with E-state index in [1.54, 1.807) is 11.0 Å². The minimum atomic E-state index is -0.430. The Hall–Kier alpha value is -1.32. The van der Waals surface area contributed by atoms with Crippen LogP contribution in [0.3, 0.4) is 0 Å². The Labute approximate surface area is 109 Å². The topological polar surface area (TPSA) is 46.6 Å². The van der Waals surface area contributed by atoms with E-state index < -0.39 is 5.60 Å². The zero-order valence-electron chi connectivity index (χ0n) is 11.5. The summed E-state index contributed by atoms with van der Waals surface area (Å²) in [6.07, 6.45) is 6.90. The van der Waals surface area contributed by atoms with Crippen molar-refractivity contribution in [2.45, 2.75) is 45.6 Å². The number of allylic oxidation sites excluding steroid dienone is 2. The van der Waals surface area contributed by atoms with Gasteiger partial charge in [0.2, 0.25) is 0 Å². The van der Waals surface area contributed by atoms with Crippen molar-refractivity contribution < 1.29 is 14.3 Å². The van der Waals surface area contributed by atoms with Gasteiger partial charge in [-0.3, -0.25) is 4.79 Å². The fraction of sp³-hybridized carbons (Fsp3) is 0.714. The molecule has 1 amide bonds. The number of rotatable bonds is 3. The first-order chi connectivity index (χ1) is 8.42. The number of piperidine rings is 1. The van der Waals surface area contributed by atoms with Gasteiger partial charge in [-0.25, -0.2) is 4.79 Å². The first-order valence-electron chi connectivity index (χ1n) is 6.50. The number of likely N-dealkylation sites (tertiary alicyclic amines) is 1. The molecular weight excluding hydrogens is 230 g/mol. The minimum absolute atomic E-state index is 0.218. The van der Waals surface area contributed by atoms with Crippen molar-refractivity contribution in [2.24, 2.45) is 5.92 Å². The van der Waals surface area contributed by atoms with E-state index >= 15 is 0 Å². The Bertz CT molecular complexity index is 309. The molecule has 18 heavy (non-hydrogen) atoms. The molecule has 4 heteroatoms. The molecule has 1 aliphatic rings. The number of hydrogen-bond acceptors (Lipinski definition) is 3. The Morgan fingerprint density at radius 2 is 1.94 bits per heavy atom. The van der Waals surface area contributed by atoms with Crippen LogP contribution in [0.25, 0.3) is 0 Å². The largest absolute Gasteiger partial charge is 0.444 e. The summed E-state index contributed by atoms with van der Waals surface area (Å²) in [5.41, 5.74) is -0.430. The van der Waals surface area contributed by atoms with Crippen LogP contribution in [0.5, 0.6) is 0 Å². The summed E-state index contributed by atoms with van der Waals surface area (Å²) in [5.74, 6) is 0.569. The van der Waals surface area contributed by atoms with Gasteiger partial charge in [-0.15, -0.1) is 0 Å². The zero-order valence-corrected chi connectivity index (χ0v) is 11.5. The van der Waals surface area contributed by atoms with Crippen LogP contribution in [0.2, 0.25) is 0 Å². The van der Waals surface area contributed by atoms with Crippen molar-refractivity contribution in [1.82, 2.24) is 4.90 Å². The second kappa shape index (κ2) is 6.57. The van der Waals surface area contributed by atoms with Gasteiger partial charge in [-0.05, 0) is 52.0 Å².